The van der Waals surface area contributed by atoms with E-state index in [4.69, 9.17) is 4.74 Å². The van der Waals surface area contributed by atoms with Crippen molar-refractivity contribution in [1.29, 1.82) is 0 Å². The van der Waals surface area contributed by atoms with Gasteiger partial charge in [-0.1, -0.05) is 0 Å². The highest BCUT2D eigenvalue weighted by atomic mass is 16.5. The summed E-state index contributed by atoms with van der Waals surface area (Å²) in [4.78, 5) is 34.4. The fourth-order valence-electron chi connectivity index (χ4n) is 2.59. The predicted molar refractivity (Wildman–Crippen MR) is 80.8 cm³/mol. The molecule has 0 unspecified atom stereocenters. The number of esters is 1. The second-order valence-corrected chi connectivity index (χ2v) is 5.70. The van der Waals surface area contributed by atoms with Crippen LogP contribution in [0, 0.1) is 13.8 Å². The molecule has 1 saturated carbocycles. The number of carbonyl (C=O) groups excluding carboxylic acids is 3. The Hall–Kier alpha value is -2.11. The Bertz CT molecular complexity index is 600. The number of nitrogens with zero attached hydrogens (tertiary/aromatic N) is 1. The maximum atomic E-state index is 12.2. The molecular formula is C16H22N2O4. The lowest BCUT2D eigenvalue weighted by Gasteiger charge is -2.08. The standard InChI is InChI=1S/C16H22N2O4/c1-10-8-14(11(2)18(10)13-4-5-13)15(20)9-22-16(21)6-7-17-12(3)19/h8,13H,4-7,9H2,1-3H3,(H,17,19). The Labute approximate surface area is 129 Å². The first-order valence-electron chi connectivity index (χ1n) is 7.52. The van der Waals surface area contributed by atoms with Gasteiger partial charge in [0.05, 0.1) is 6.42 Å². The molecule has 0 bridgehead atoms. The van der Waals surface area contributed by atoms with Crippen LogP contribution in [0.2, 0.25) is 0 Å². The van der Waals surface area contributed by atoms with Crippen LogP contribution in [0.1, 0.15) is 54.0 Å². The lowest BCUT2D eigenvalue weighted by molar-refractivity contribution is -0.142. The number of carbonyl (C=O) groups is 3. The van der Waals surface area contributed by atoms with Crippen molar-refractivity contribution in [1.82, 2.24) is 9.88 Å². The Morgan fingerprint density at radius 1 is 1.32 bits per heavy atom. The van der Waals surface area contributed by atoms with Crippen LogP contribution >= 0.6 is 0 Å². The van der Waals surface area contributed by atoms with E-state index in [9.17, 15) is 14.4 Å². The SMILES string of the molecule is CC(=O)NCCC(=O)OCC(=O)c1cc(C)n(C2CC2)c1C. The molecule has 1 N–H and O–H groups in total. The van der Waals surface area contributed by atoms with Crippen LogP contribution in [0.15, 0.2) is 6.07 Å². The zero-order valence-corrected chi connectivity index (χ0v) is 13.3. The molecule has 0 spiro atoms. The first kappa shape index (κ1) is 16.3. The van der Waals surface area contributed by atoms with Crippen molar-refractivity contribution in [3.63, 3.8) is 0 Å². The molecule has 22 heavy (non-hydrogen) atoms. The van der Waals surface area contributed by atoms with E-state index in [0.29, 0.717) is 11.6 Å². The van der Waals surface area contributed by atoms with Crippen molar-refractivity contribution < 1.29 is 19.1 Å². The van der Waals surface area contributed by atoms with Crippen LogP contribution < -0.4 is 5.32 Å². The minimum Gasteiger partial charge on any atom is -0.457 e. The maximum Gasteiger partial charge on any atom is 0.308 e. The molecule has 6 heteroatoms. The van der Waals surface area contributed by atoms with E-state index in [0.717, 1.165) is 24.2 Å². The number of ketones is 1. The van der Waals surface area contributed by atoms with E-state index < -0.39 is 5.97 Å². The first-order valence-corrected chi connectivity index (χ1v) is 7.52. The topological polar surface area (TPSA) is 77.4 Å². The van der Waals surface area contributed by atoms with Crippen LogP contribution in [-0.4, -0.2) is 35.4 Å². The van der Waals surface area contributed by atoms with E-state index in [1.807, 2.05) is 19.9 Å². The summed E-state index contributed by atoms with van der Waals surface area (Å²) in [7, 11) is 0. The summed E-state index contributed by atoms with van der Waals surface area (Å²) < 4.78 is 7.16. The highest BCUT2D eigenvalue weighted by Crippen LogP contribution is 2.38. The van der Waals surface area contributed by atoms with Gasteiger partial charge in [-0.3, -0.25) is 14.4 Å². The third-order valence-corrected chi connectivity index (χ3v) is 3.76. The van der Waals surface area contributed by atoms with Crippen molar-refractivity contribution in [3.05, 3.63) is 23.0 Å². The second-order valence-electron chi connectivity index (χ2n) is 5.70. The van der Waals surface area contributed by atoms with Crippen molar-refractivity contribution in [2.75, 3.05) is 13.2 Å². The predicted octanol–water partition coefficient (Wildman–Crippen LogP) is 1.69. The van der Waals surface area contributed by atoms with Gasteiger partial charge >= 0.3 is 5.97 Å². The zero-order valence-electron chi connectivity index (χ0n) is 13.3. The third kappa shape index (κ3) is 3.96. The number of hydrogen-bond donors (Lipinski definition) is 1. The van der Waals surface area contributed by atoms with Crippen molar-refractivity contribution in [2.24, 2.45) is 0 Å². The Morgan fingerprint density at radius 3 is 2.59 bits per heavy atom. The molecular weight excluding hydrogens is 284 g/mol. The van der Waals surface area contributed by atoms with Gasteiger partial charge in [-0.15, -0.1) is 0 Å². The number of aryl methyl sites for hydroxylation is 1. The van der Waals surface area contributed by atoms with Gasteiger partial charge in [-0.25, -0.2) is 0 Å². The van der Waals surface area contributed by atoms with Crippen LogP contribution in [0.5, 0.6) is 0 Å². The van der Waals surface area contributed by atoms with E-state index in [1.165, 1.54) is 6.92 Å². The van der Waals surface area contributed by atoms with Crippen LogP contribution in [0.25, 0.3) is 0 Å². The van der Waals surface area contributed by atoms with Gasteiger partial charge in [0, 0.05) is 36.5 Å². The van der Waals surface area contributed by atoms with E-state index in [2.05, 4.69) is 9.88 Å². The molecule has 120 valence electrons. The summed E-state index contributed by atoms with van der Waals surface area (Å²) >= 11 is 0. The molecule has 1 heterocycles. The van der Waals surface area contributed by atoms with Crippen LogP contribution in [0.3, 0.4) is 0 Å². The Morgan fingerprint density at radius 2 is 2.00 bits per heavy atom. The van der Waals surface area contributed by atoms with Gasteiger partial charge in [0.25, 0.3) is 0 Å². The van der Waals surface area contributed by atoms with Gasteiger partial charge in [-0.05, 0) is 32.8 Å². The normalized spacial score (nSPS) is 13.8. The van der Waals surface area contributed by atoms with Crippen molar-refractivity contribution >= 4 is 17.7 Å². The maximum absolute atomic E-state index is 12.2. The van der Waals surface area contributed by atoms with Crippen molar-refractivity contribution in [3.8, 4) is 0 Å². The molecule has 1 aromatic rings. The molecule has 1 aromatic heterocycles. The summed E-state index contributed by atoms with van der Waals surface area (Å²) in [5.74, 6) is -0.873. The lowest BCUT2D eigenvalue weighted by atomic mass is 10.1. The van der Waals surface area contributed by atoms with E-state index >= 15 is 0 Å². The summed E-state index contributed by atoms with van der Waals surface area (Å²) in [6.07, 6.45) is 2.37. The summed E-state index contributed by atoms with van der Waals surface area (Å²) in [6, 6.07) is 2.38. The average Bonchev–Trinajstić information content (AvgIpc) is 3.22. The quantitative estimate of drug-likeness (QED) is 0.614. The third-order valence-electron chi connectivity index (χ3n) is 3.76. The number of amides is 1. The average molecular weight is 306 g/mol. The van der Waals surface area contributed by atoms with E-state index in [1.54, 1.807) is 0 Å². The number of ether oxygens (including phenoxy) is 1. The van der Waals surface area contributed by atoms with Crippen LogP contribution in [0.4, 0.5) is 0 Å². The zero-order chi connectivity index (χ0) is 16.3. The molecule has 1 aliphatic rings. The van der Waals surface area contributed by atoms with Crippen molar-refractivity contribution in [2.45, 2.75) is 46.1 Å². The smallest absolute Gasteiger partial charge is 0.308 e. The fourth-order valence-corrected chi connectivity index (χ4v) is 2.59. The number of Topliss-reactive ketones (excluding diaryl/α,β-unsaturated/α-hetero) is 1. The second kappa shape index (κ2) is 6.77. The molecule has 0 saturated heterocycles. The number of nitrogens with one attached hydrogen (secondary N) is 1. The van der Waals surface area contributed by atoms with E-state index in [-0.39, 0.29) is 31.3 Å². The highest BCUT2D eigenvalue weighted by molar-refractivity contribution is 5.99. The summed E-state index contributed by atoms with van der Waals surface area (Å²) in [5.41, 5.74) is 2.64. The van der Waals surface area contributed by atoms with Crippen LogP contribution in [-0.2, 0) is 14.3 Å². The van der Waals surface area contributed by atoms with Gasteiger partial charge in [0.15, 0.2) is 6.61 Å². The summed E-state index contributed by atoms with van der Waals surface area (Å²) in [6.45, 7) is 5.26. The molecule has 0 radical (unpaired) electrons. The van der Waals surface area contributed by atoms with Gasteiger partial charge in [-0.2, -0.15) is 0 Å². The van der Waals surface area contributed by atoms with Gasteiger partial charge < -0.3 is 14.6 Å². The lowest BCUT2D eigenvalue weighted by Crippen LogP contribution is -2.24. The number of hydrogen-bond acceptors (Lipinski definition) is 4. The minimum absolute atomic E-state index is 0.0634. The highest BCUT2D eigenvalue weighted by Gasteiger charge is 2.28. The molecule has 0 aliphatic heterocycles. The molecule has 2 rings (SSSR count). The molecule has 0 aromatic carbocycles. The number of rotatable bonds is 7. The molecule has 0 atom stereocenters. The molecule has 1 amide bonds. The van der Waals surface area contributed by atoms with Gasteiger partial charge in [0.2, 0.25) is 11.7 Å². The largest absolute Gasteiger partial charge is 0.457 e. The number of aromatic nitrogens is 1. The first-order chi connectivity index (χ1) is 10.4. The fraction of sp³-hybridized carbons (Fsp3) is 0.562. The molecule has 6 nitrogen and oxygen atoms in total. The minimum atomic E-state index is -0.488. The molecule has 1 aliphatic carbocycles. The monoisotopic (exact) mass is 306 g/mol. The molecule has 1 fully saturated rings. The van der Waals surface area contributed by atoms with Gasteiger partial charge in [0.1, 0.15) is 0 Å². The Kier molecular flexibility index (Phi) is 5.00. The summed E-state index contributed by atoms with van der Waals surface area (Å²) in [5, 5.41) is 2.51. The Balaban J connectivity index is 1.86.